The van der Waals surface area contributed by atoms with Gasteiger partial charge >= 0.3 is 0 Å². The van der Waals surface area contributed by atoms with Crippen molar-refractivity contribution in [2.24, 2.45) is 0 Å². The summed E-state index contributed by atoms with van der Waals surface area (Å²) in [7, 11) is 0. The SMILES string of the molecule is CCCCCCCCCCCCc1cc(=O)[nH]c(=S)[nH]1. The van der Waals surface area contributed by atoms with Gasteiger partial charge in [0.1, 0.15) is 0 Å². The van der Waals surface area contributed by atoms with Gasteiger partial charge in [-0.1, -0.05) is 64.7 Å². The fourth-order valence-corrected chi connectivity index (χ4v) is 2.69. The number of hydrogen-bond donors (Lipinski definition) is 2. The summed E-state index contributed by atoms with van der Waals surface area (Å²) in [4.78, 5) is 16.8. The average molecular weight is 296 g/mol. The van der Waals surface area contributed by atoms with Gasteiger partial charge < -0.3 is 4.98 Å². The Morgan fingerprint density at radius 3 is 2.00 bits per heavy atom. The van der Waals surface area contributed by atoms with Crippen molar-refractivity contribution in [3.05, 3.63) is 26.9 Å². The first-order valence-corrected chi connectivity index (χ1v) is 8.45. The molecule has 114 valence electrons. The largest absolute Gasteiger partial charge is 0.336 e. The Hall–Kier alpha value is -0.900. The lowest BCUT2D eigenvalue weighted by Gasteiger charge is -2.03. The van der Waals surface area contributed by atoms with E-state index in [4.69, 9.17) is 12.2 Å². The van der Waals surface area contributed by atoms with Gasteiger partial charge in [0, 0.05) is 11.8 Å². The lowest BCUT2D eigenvalue weighted by atomic mass is 10.1. The standard InChI is InChI=1S/C16H28N2OS/c1-2-3-4-5-6-7-8-9-10-11-12-14-13-15(19)18-16(20)17-14/h13H,2-12H2,1H3,(H2,17,18,19,20). The summed E-state index contributed by atoms with van der Waals surface area (Å²) in [6.45, 7) is 2.26. The maximum atomic E-state index is 11.3. The minimum atomic E-state index is -0.101. The minimum absolute atomic E-state index is 0.101. The summed E-state index contributed by atoms with van der Waals surface area (Å²) in [5.41, 5.74) is 0.856. The van der Waals surface area contributed by atoms with Crippen LogP contribution in [0.25, 0.3) is 0 Å². The fourth-order valence-electron chi connectivity index (χ4n) is 2.46. The Kier molecular flexibility index (Phi) is 9.29. The Morgan fingerprint density at radius 1 is 0.900 bits per heavy atom. The Balaban J connectivity index is 1.99. The van der Waals surface area contributed by atoms with Crippen molar-refractivity contribution in [1.29, 1.82) is 0 Å². The van der Waals surface area contributed by atoms with Crippen molar-refractivity contribution in [2.75, 3.05) is 0 Å². The van der Waals surface area contributed by atoms with E-state index < -0.39 is 0 Å². The third kappa shape index (κ3) is 8.31. The van der Waals surface area contributed by atoms with E-state index in [1.165, 1.54) is 57.8 Å². The number of hydrogen-bond acceptors (Lipinski definition) is 2. The molecule has 1 heterocycles. The number of nitrogens with one attached hydrogen (secondary N) is 2. The molecule has 0 aliphatic heterocycles. The molecule has 1 aromatic heterocycles. The van der Waals surface area contributed by atoms with E-state index in [0.29, 0.717) is 4.77 Å². The molecule has 0 amide bonds. The zero-order chi connectivity index (χ0) is 14.6. The molecule has 0 spiro atoms. The number of H-pyrrole nitrogens is 2. The van der Waals surface area contributed by atoms with Crippen molar-refractivity contribution < 1.29 is 0 Å². The van der Waals surface area contributed by atoms with Gasteiger partial charge in [0.25, 0.3) is 5.56 Å². The molecule has 1 rings (SSSR count). The summed E-state index contributed by atoms with van der Waals surface area (Å²) >= 11 is 4.96. The lowest BCUT2D eigenvalue weighted by Crippen LogP contribution is -2.08. The van der Waals surface area contributed by atoms with Crippen LogP contribution in [-0.2, 0) is 6.42 Å². The average Bonchev–Trinajstić information content (AvgIpc) is 2.40. The van der Waals surface area contributed by atoms with Crippen molar-refractivity contribution in [1.82, 2.24) is 9.97 Å². The van der Waals surface area contributed by atoms with Gasteiger partial charge in [-0.2, -0.15) is 0 Å². The maximum Gasteiger partial charge on any atom is 0.251 e. The Morgan fingerprint density at radius 2 is 1.45 bits per heavy atom. The fraction of sp³-hybridized carbons (Fsp3) is 0.750. The van der Waals surface area contributed by atoms with Crippen LogP contribution in [0, 0.1) is 4.77 Å². The number of unbranched alkanes of at least 4 members (excludes halogenated alkanes) is 9. The van der Waals surface area contributed by atoms with Crippen molar-refractivity contribution >= 4 is 12.2 Å². The predicted octanol–water partition coefficient (Wildman–Crippen LogP) is 4.90. The van der Waals surface area contributed by atoms with E-state index in [1.54, 1.807) is 6.07 Å². The highest BCUT2D eigenvalue weighted by atomic mass is 32.1. The van der Waals surface area contributed by atoms with E-state index in [0.717, 1.165) is 18.5 Å². The van der Waals surface area contributed by atoms with Gasteiger partial charge in [0.2, 0.25) is 0 Å². The second-order valence-electron chi connectivity index (χ2n) is 5.54. The third-order valence-electron chi connectivity index (χ3n) is 3.62. The highest BCUT2D eigenvalue weighted by molar-refractivity contribution is 7.71. The molecule has 0 saturated heterocycles. The van der Waals surface area contributed by atoms with Gasteiger partial charge in [0.05, 0.1) is 0 Å². The first-order valence-electron chi connectivity index (χ1n) is 8.05. The van der Waals surface area contributed by atoms with E-state index in [-0.39, 0.29) is 5.56 Å². The normalized spacial score (nSPS) is 10.8. The molecule has 3 nitrogen and oxygen atoms in total. The van der Waals surface area contributed by atoms with Crippen molar-refractivity contribution in [2.45, 2.75) is 77.6 Å². The molecule has 4 heteroatoms. The number of aromatic nitrogens is 2. The number of aryl methyl sites for hydroxylation is 1. The second kappa shape index (κ2) is 10.8. The van der Waals surface area contributed by atoms with Crippen LogP contribution in [0.15, 0.2) is 10.9 Å². The smallest absolute Gasteiger partial charge is 0.251 e. The molecule has 0 bridgehead atoms. The summed E-state index contributed by atoms with van der Waals surface area (Å²) in [6, 6.07) is 1.61. The molecule has 0 unspecified atom stereocenters. The molecule has 0 radical (unpaired) electrons. The quantitative estimate of drug-likeness (QED) is 0.451. The topological polar surface area (TPSA) is 48.6 Å². The lowest BCUT2D eigenvalue weighted by molar-refractivity contribution is 0.555. The van der Waals surface area contributed by atoms with Gasteiger partial charge in [-0.15, -0.1) is 0 Å². The van der Waals surface area contributed by atoms with E-state index in [1.807, 2.05) is 0 Å². The van der Waals surface area contributed by atoms with E-state index >= 15 is 0 Å². The van der Waals surface area contributed by atoms with Gasteiger partial charge in [-0.05, 0) is 25.1 Å². The van der Waals surface area contributed by atoms with Crippen LogP contribution in [0.2, 0.25) is 0 Å². The van der Waals surface area contributed by atoms with Crippen LogP contribution < -0.4 is 5.56 Å². The van der Waals surface area contributed by atoms with Gasteiger partial charge in [-0.3, -0.25) is 9.78 Å². The van der Waals surface area contributed by atoms with Crippen molar-refractivity contribution in [3.8, 4) is 0 Å². The summed E-state index contributed by atoms with van der Waals surface area (Å²) in [5, 5.41) is 0. The molecule has 0 fully saturated rings. The predicted molar refractivity (Wildman–Crippen MR) is 87.8 cm³/mol. The van der Waals surface area contributed by atoms with E-state index in [2.05, 4.69) is 16.9 Å². The Bertz CT molecular complexity index is 436. The van der Waals surface area contributed by atoms with Crippen LogP contribution in [0.5, 0.6) is 0 Å². The highest BCUT2D eigenvalue weighted by Crippen LogP contribution is 2.11. The monoisotopic (exact) mass is 296 g/mol. The van der Waals surface area contributed by atoms with Crippen LogP contribution in [0.1, 0.15) is 76.8 Å². The van der Waals surface area contributed by atoms with Crippen LogP contribution >= 0.6 is 12.2 Å². The summed E-state index contributed by atoms with van der Waals surface area (Å²) in [5.74, 6) is 0. The number of aromatic amines is 2. The molecule has 1 aromatic rings. The Labute approximate surface area is 127 Å². The molecular formula is C16H28N2OS. The summed E-state index contributed by atoms with van der Waals surface area (Å²) < 4.78 is 0.430. The van der Waals surface area contributed by atoms with E-state index in [9.17, 15) is 4.79 Å². The van der Waals surface area contributed by atoms with Gasteiger partial charge in [0.15, 0.2) is 4.77 Å². The minimum Gasteiger partial charge on any atom is -0.336 e. The zero-order valence-electron chi connectivity index (χ0n) is 12.7. The summed E-state index contributed by atoms with van der Waals surface area (Å²) in [6.07, 6.45) is 14.2. The van der Waals surface area contributed by atoms with Crippen molar-refractivity contribution in [3.63, 3.8) is 0 Å². The van der Waals surface area contributed by atoms with Crippen LogP contribution in [0.4, 0.5) is 0 Å². The van der Waals surface area contributed by atoms with Crippen LogP contribution in [0.3, 0.4) is 0 Å². The maximum absolute atomic E-state index is 11.3. The molecule has 20 heavy (non-hydrogen) atoms. The second-order valence-corrected chi connectivity index (χ2v) is 5.95. The highest BCUT2D eigenvalue weighted by Gasteiger charge is 1.96. The third-order valence-corrected chi connectivity index (χ3v) is 3.82. The molecule has 0 saturated carbocycles. The molecule has 0 aliphatic rings. The molecule has 2 N–H and O–H groups in total. The van der Waals surface area contributed by atoms with Crippen LogP contribution in [-0.4, -0.2) is 9.97 Å². The molecule has 0 aliphatic carbocycles. The van der Waals surface area contributed by atoms with Gasteiger partial charge in [-0.25, -0.2) is 0 Å². The first-order chi connectivity index (χ1) is 9.72. The molecule has 0 aromatic carbocycles. The molecular weight excluding hydrogens is 268 g/mol. The zero-order valence-corrected chi connectivity index (χ0v) is 13.5. The molecule has 0 atom stereocenters. The number of rotatable bonds is 11. The first kappa shape index (κ1) is 17.2.